The number of carboxylic acid groups (broad SMARTS) is 5. The van der Waals surface area contributed by atoms with Crippen molar-refractivity contribution in [3.05, 3.63) is 316 Å². The maximum Gasteiger partial charge on any atom is 0.306 e. The first-order chi connectivity index (χ1) is 48.6. The Morgan fingerprint density at radius 2 is 0.535 bits per heavy atom. The van der Waals surface area contributed by atoms with E-state index in [2.05, 4.69) is 182 Å². The molecular formula is C90H65ClO10. The van der Waals surface area contributed by atoms with Crippen LogP contribution < -0.4 is 0 Å². The van der Waals surface area contributed by atoms with Gasteiger partial charge in [0.2, 0.25) is 0 Å². The summed E-state index contributed by atoms with van der Waals surface area (Å²) in [6, 6.07) is 67.7. The highest BCUT2D eigenvalue weighted by atomic mass is 35.5. The molecule has 0 aliphatic heterocycles. The van der Waals surface area contributed by atoms with E-state index in [0.29, 0.717) is 25.7 Å². The molecule has 10 aromatic carbocycles. The van der Waals surface area contributed by atoms with Gasteiger partial charge in [-0.05, 0) is 221 Å². The van der Waals surface area contributed by atoms with Gasteiger partial charge in [-0.25, -0.2) is 0 Å². The number of benzene rings is 10. The minimum Gasteiger partial charge on any atom is -0.481 e. The van der Waals surface area contributed by atoms with Crippen molar-refractivity contribution in [2.45, 2.75) is 105 Å². The molecule has 0 bridgehead atoms. The van der Waals surface area contributed by atoms with Crippen LogP contribution in [0.2, 0.25) is 0 Å². The number of carbonyl (C=O) groups is 5. The summed E-state index contributed by atoms with van der Waals surface area (Å²) in [5.41, 5.74) is 30.6. The van der Waals surface area contributed by atoms with Crippen LogP contribution in [0.1, 0.15) is 158 Å². The fourth-order valence-electron chi connectivity index (χ4n) is 22.8. The quantitative estimate of drug-likeness (QED) is 0.0460. The molecule has 0 fully saturated rings. The van der Waals surface area contributed by atoms with E-state index in [9.17, 15) is 61.1 Å². The highest BCUT2D eigenvalue weighted by molar-refractivity contribution is 6.35. The van der Waals surface area contributed by atoms with E-state index in [1.807, 2.05) is 6.92 Å². The molecule has 0 spiro atoms. The lowest BCUT2D eigenvalue weighted by molar-refractivity contribution is -0.142. The van der Waals surface area contributed by atoms with Crippen molar-refractivity contribution in [2.75, 3.05) is 0 Å². The Morgan fingerprint density at radius 3 is 0.802 bits per heavy atom. The van der Waals surface area contributed by atoms with E-state index in [1.54, 1.807) is 27.7 Å². The Bertz CT molecular complexity index is 5780. The predicted molar refractivity (Wildman–Crippen MR) is 384 cm³/mol. The molecule has 11 aliphatic carbocycles. The summed E-state index contributed by atoms with van der Waals surface area (Å²) in [6.45, 7) is 8.98. The Balaban J connectivity index is 1.03. The highest BCUT2D eigenvalue weighted by Gasteiger charge is 2.86. The van der Waals surface area contributed by atoms with Crippen molar-refractivity contribution in [3.63, 3.8) is 0 Å². The van der Waals surface area contributed by atoms with Gasteiger partial charge in [0.1, 0.15) is 4.87 Å². The van der Waals surface area contributed by atoms with Crippen LogP contribution >= 0.6 is 11.6 Å². The molecule has 492 valence electrons. The van der Waals surface area contributed by atoms with Gasteiger partial charge in [-0.1, -0.05) is 217 Å². The average molecular weight is 1340 g/mol. The molecule has 11 atom stereocenters. The predicted octanol–water partition coefficient (Wildman–Crippen LogP) is 16.8. The van der Waals surface area contributed by atoms with Gasteiger partial charge in [0.25, 0.3) is 0 Å². The largest absolute Gasteiger partial charge is 0.481 e. The van der Waals surface area contributed by atoms with Crippen LogP contribution in [0, 0.1) is 23.7 Å². The second kappa shape index (κ2) is 18.8. The summed E-state index contributed by atoms with van der Waals surface area (Å²) in [6.07, 6.45) is 1.20. The van der Waals surface area contributed by atoms with Crippen molar-refractivity contribution in [3.8, 4) is 55.6 Å². The molecule has 0 radical (unpaired) electrons. The van der Waals surface area contributed by atoms with Gasteiger partial charge < -0.3 is 25.5 Å². The topological polar surface area (TPSA) is 186 Å². The van der Waals surface area contributed by atoms with Gasteiger partial charge in [0, 0.05) is 0 Å². The second-order valence-electron chi connectivity index (χ2n) is 31.1. The maximum absolute atomic E-state index is 12.7. The number of halogens is 1. The van der Waals surface area contributed by atoms with Gasteiger partial charge in [0.05, 0.1) is 57.2 Å². The molecule has 10 nitrogen and oxygen atoms in total. The van der Waals surface area contributed by atoms with Crippen molar-refractivity contribution in [1.82, 2.24) is 0 Å². The molecule has 5 N–H and O–H groups in total. The third-order valence-electron chi connectivity index (χ3n) is 26.5. The maximum atomic E-state index is 12.7. The van der Waals surface area contributed by atoms with Gasteiger partial charge in [-0.2, -0.15) is 0 Å². The number of allylic oxidation sites excluding steroid dienone is 4. The molecule has 0 saturated heterocycles. The highest BCUT2D eigenvalue weighted by Crippen LogP contribution is 2.92. The summed E-state index contributed by atoms with van der Waals surface area (Å²) >= 11 is 10.6. The average Bonchev–Trinajstić information content (AvgIpc) is 1.39. The first-order valence-electron chi connectivity index (χ1n) is 35.4. The third kappa shape index (κ3) is 6.20. The summed E-state index contributed by atoms with van der Waals surface area (Å²) in [5, 5.41) is 52.0. The SMILES string of the molecule is CC(Cc1ccc([C@]23C4=C5[C@]6(c7ccc(CC(C)C(=O)O)cc7)c7c8ccc(c72)-c2ccc7c(c23)[C@]2(c3ccc(C(C)CC(=O)O)cc3)C4=C3[C@@]4(c9ccc(CC(C)C(=O)O)cc9)c9c(ccc-7c92)-c2ccc7c(c24)[C@@](c2ccc(CC(C)C(=O)O)cc2)(c2c-7ccc-8c26)[C@@]53Cl)cc1)C(=O)O. The molecule has 0 saturated carbocycles. The number of hydrogen-bond acceptors (Lipinski definition) is 5. The molecule has 11 aliphatic rings. The lowest BCUT2D eigenvalue weighted by Gasteiger charge is -2.64. The van der Waals surface area contributed by atoms with Gasteiger partial charge in [-0.3, -0.25) is 24.0 Å². The Morgan fingerprint density at radius 1 is 0.307 bits per heavy atom. The van der Waals surface area contributed by atoms with E-state index in [4.69, 9.17) is 0 Å². The van der Waals surface area contributed by atoms with Gasteiger partial charge in [-0.15, -0.1) is 11.6 Å². The number of aliphatic carboxylic acids is 5. The molecule has 5 unspecified atom stereocenters. The molecule has 10 aromatic rings. The van der Waals surface area contributed by atoms with Crippen molar-refractivity contribution >= 4 is 41.4 Å². The first kappa shape index (κ1) is 59.2. The molecule has 11 heteroatoms. The van der Waals surface area contributed by atoms with E-state index in [0.717, 1.165) is 167 Å². The summed E-state index contributed by atoms with van der Waals surface area (Å²) in [4.78, 5) is 61.9. The van der Waals surface area contributed by atoms with Crippen LogP contribution in [0.25, 0.3) is 55.6 Å². The lowest BCUT2D eigenvalue weighted by atomic mass is 9.40. The third-order valence-corrected chi connectivity index (χ3v) is 27.1. The molecule has 101 heavy (non-hydrogen) atoms. The second-order valence-corrected chi connectivity index (χ2v) is 31.7. The minimum absolute atomic E-state index is 0.0520. The number of fused-ring (bicyclic) bond motifs is 5. The Kier molecular flexibility index (Phi) is 11.0. The fourth-order valence-corrected chi connectivity index (χ4v) is 23.6. The normalized spacial score (nSPS) is 25.1. The van der Waals surface area contributed by atoms with E-state index in [-0.39, 0.29) is 12.3 Å². The molecule has 21 rings (SSSR count). The Hall–Kier alpha value is -10.7. The van der Waals surface area contributed by atoms with Crippen molar-refractivity contribution in [1.29, 1.82) is 0 Å². The van der Waals surface area contributed by atoms with Gasteiger partial charge in [0.15, 0.2) is 0 Å². The van der Waals surface area contributed by atoms with Crippen molar-refractivity contribution in [2.24, 2.45) is 23.7 Å². The zero-order valence-corrected chi connectivity index (χ0v) is 56.7. The number of carboxylic acids is 5. The number of rotatable bonds is 20. The van der Waals surface area contributed by atoms with Crippen molar-refractivity contribution < 1.29 is 49.5 Å². The van der Waals surface area contributed by atoms with Crippen LogP contribution in [-0.2, 0) is 76.7 Å². The van der Waals surface area contributed by atoms with Crippen LogP contribution in [0.15, 0.2) is 204 Å². The van der Waals surface area contributed by atoms with E-state index < -0.39 is 85.5 Å². The molecule has 0 amide bonds. The molecule has 0 aromatic heterocycles. The number of alkyl halides is 1. The summed E-state index contributed by atoms with van der Waals surface area (Å²) in [5.74, 6) is -7.31. The zero-order valence-electron chi connectivity index (χ0n) is 55.9. The lowest BCUT2D eigenvalue weighted by Crippen LogP contribution is -2.65. The van der Waals surface area contributed by atoms with Crippen LogP contribution in [0.3, 0.4) is 0 Å². The smallest absolute Gasteiger partial charge is 0.306 e. The number of hydrogen-bond donors (Lipinski definition) is 5. The zero-order chi connectivity index (χ0) is 69.2. The summed E-state index contributed by atoms with van der Waals surface area (Å²) in [7, 11) is 0. The first-order valence-corrected chi connectivity index (χ1v) is 35.8. The standard InChI is InChI=1S/C90H65ClO10/c1-41(40-66(92)93)50-14-24-52(25-15-50)86-68-57-27-26-56-58-28-30-60-62-32-34-64-65-35-33-63-61-31-29-59(57)70(86)72(61)88(54-20-10-48(11-21-54)38-44(4)83(98)99)74(63)76(65)89(55-22-12-49(13-23-55)39-45(5)84(100)101)75(64)73(62)87(53-18-8-47(9-19-53)37-43(3)82(96)97)71(60)69(58)85(67(56)68,77-78(86)80(88)90(89,91)79(77)87)51-16-6-46(7-17-51)36-42(2)81(94)95/h6-35,41-45H,36-40H2,1-5H3,(H,92,93)(H,94,95)(H,96,97)(H,98,99)(H,100,101)/t41?,42?,43?,44?,45?,85-,86+,87-,88+,89-,90-/m1/s1. The fraction of sp³-hybridized carbons (Fsp3) is 0.233. The molecule has 0 heterocycles. The summed E-state index contributed by atoms with van der Waals surface area (Å²) < 4.78 is 0. The van der Waals surface area contributed by atoms with Crippen LogP contribution in [0.5, 0.6) is 0 Å². The van der Waals surface area contributed by atoms with Crippen LogP contribution in [0.4, 0.5) is 0 Å². The van der Waals surface area contributed by atoms with E-state index >= 15 is 0 Å². The Labute approximate surface area is 587 Å². The van der Waals surface area contributed by atoms with E-state index in [1.165, 1.54) is 22.3 Å². The monoisotopic (exact) mass is 1340 g/mol. The van der Waals surface area contributed by atoms with Crippen LogP contribution in [-0.4, -0.2) is 60.3 Å². The minimum atomic E-state index is -1.58. The van der Waals surface area contributed by atoms with Gasteiger partial charge >= 0.3 is 29.8 Å². The molecular weight excluding hydrogens is 1280 g/mol.